The van der Waals surface area contributed by atoms with Crippen LogP contribution in [-0.2, 0) is 11.3 Å². The second-order valence-corrected chi connectivity index (χ2v) is 9.01. The standard InChI is InChI=1S/C26H27N3O3S/c1-4-18(2)19-11-13-20(14-12-19)29-25(31)22-9-5-6-10-23(22)27-26(29)33-17-24(30)28(3)16-21-8-7-15-32-21/h5-15,18H,4,16-17H2,1-3H3. The molecular formula is C26H27N3O3S. The lowest BCUT2D eigenvalue weighted by Crippen LogP contribution is -2.28. The van der Waals surface area contributed by atoms with E-state index < -0.39 is 0 Å². The summed E-state index contributed by atoms with van der Waals surface area (Å²) in [7, 11) is 1.74. The van der Waals surface area contributed by atoms with Gasteiger partial charge in [-0.3, -0.25) is 14.2 Å². The molecule has 1 unspecified atom stereocenters. The lowest BCUT2D eigenvalue weighted by atomic mass is 9.98. The fraction of sp³-hybridized carbons (Fsp3) is 0.269. The Morgan fingerprint density at radius 3 is 2.58 bits per heavy atom. The number of hydrogen-bond donors (Lipinski definition) is 0. The van der Waals surface area contributed by atoms with Gasteiger partial charge in [0.25, 0.3) is 5.56 Å². The van der Waals surface area contributed by atoms with E-state index in [1.54, 1.807) is 34.9 Å². The first kappa shape index (κ1) is 22.9. The molecule has 0 bridgehead atoms. The zero-order chi connectivity index (χ0) is 23.4. The highest BCUT2D eigenvalue weighted by Crippen LogP contribution is 2.24. The minimum Gasteiger partial charge on any atom is -0.467 e. The molecule has 170 valence electrons. The van der Waals surface area contributed by atoms with Crippen molar-refractivity contribution in [2.24, 2.45) is 0 Å². The number of fused-ring (bicyclic) bond motifs is 1. The molecule has 0 fully saturated rings. The van der Waals surface area contributed by atoms with Crippen LogP contribution in [0.25, 0.3) is 16.6 Å². The first-order valence-corrected chi connectivity index (χ1v) is 12.0. The Kier molecular flexibility index (Phi) is 6.99. The molecule has 7 heteroatoms. The number of para-hydroxylation sites is 1. The smallest absolute Gasteiger partial charge is 0.266 e. The van der Waals surface area contributed by atoms with E-state index >= 15 is 0 Å². The van der Waals surface area contributed by atoms with Crippen molar-refractivity contribution >= 4 is 28.6 Å². The molecule has 4 aromatic rings. The Bertz CT molecular complexity index is 1300. The van der Waals surface area contributed by atoms with Crippen LogP contribution in [0.3, 0.4) is 0 Å². The maximum atomic E-state index is 13.4. The van der Waals surface area contributed by atoms with E-state index in [1.807, 2.05) is 36.4 Å². The second kappa shape index (κ2) is 10.1. The maximum absolute atomic E-state index is 13.4. The van der Waals surface area contributed by atoms with Crippen LogP contribution in [0.4, 0.5) is 0 Å². The first-order valence-electron chi connectivity index (χ1n) is 11.0. The number of rotatable bonds is 8. The molecule has 2 aromatic carbocycles. The fourth-order valence-corrected chi connectivity index (χ4v) is 4.54. The molecule has 6 nitrogen and oxygen atoms in total. The molecule has 2 heterocycles. The van der Waals surface area contributed by atoms with Gasteiger partial charge in [0.05, 0.1) is 35.2 Å². The molecule has 1 amide bonds. The minimum absolute atomic E-state index is 0.0718. The van der Waals surface area contributed by atoms with Crippen LogP contribution < -0.4 is 5.56 Å². The zero-order valence-corrected chi connectivity index (χ0v) is 19.8. The van der Waals surface area contributed by atoms with E-state index in [0.29, 0.717) is 28.5 Å². The normalized spacial score (nSPS) is 12.1. The summed E-state index contributed by atoms with van der Waals surface area (Å²) in [5, 5.41) is 1.05. The van der Waals surface area contributed by atoms with Crippen LogP contribution >= 0.6 is 11.8 Å². The molecule has 0 aliphatic carbocycles. The van der Waals surface area contributed by atoms with Gasteiger partial charge in [0, 0.05) is 7.05 Å². The van der Waals surface area contributed by atoms with Gasteiger partial charge in [-0.2, -0.15) is 0 Å². The second-order valence-electron chi connectivity index (χ2n) is 8.07. The molecule has 0 spiro atoms. The quantitative estimate of drug-likeness (QED) is 0.265. The number of carbonyl (C=O) groups is 1. The maximum Gasteiger partial charge on any atom is 0.266 e. The molecule has 2 aromatic heterocycles. The van der Waals surface area contributed by atoms with Crippen molar-refractivity contribution in [1.82, 2.24) is 14.5 Å². The minimum atomic E-state index is -0.143. The molecule has 33 heavy (non-hydrogen) atoms. The average molecular weight is 462 g/mol. The van der Waals surface area contributed by atoms with Crippen LogP contribution in [-0.4, -0.2) is 33.2 Å². The van der Waals surface area contributed by atoms with Gasteiger partial charge in [0.1, 0.15) is 5.76 Å². The zero-order valence-electron chi connectivity index (χ0n) is 19.0. The third kappa shape index (κ3) is 5.03. The van der Waals surface area contributed by atoms with Gasteiger partial charge in [-0.15, -0.1) is 0 Å². The number of carbonyl (C=O) groups excluding carboxylic acids is 1. The van der Waals surface area contributed by atoms with Gasteiger partial charge in [-0.05, 0) is 54.3 Å². The van der Waals surface area contributed by atoms with E-state index in [9.17, 15) is 9.59 Å². The Morgan fingerprint density at radius 1 is 1.12 bits per heavy atom. The highest BCUT2D eigenvalue weighted by Gasteiger charge is 2.17. The van der Waals surface area contributed by atoms with Crippen LogP contribution in [0.1, 0.15) is 37.5 Å². The van der Waals surface area contributed by atoms with Crippen LogP contribution in [0.5, 0.6) is 0 Å². The van der Waals surface area contributed by atoms with Crippen LogP contribution in [0.15, 0.2) is 81.3 Å². The van der Waals surface area contributed by atoms with Crippen molar-refractivity contribution in [3.63, 3.8) is 0 Å². The molecule has 0 aliphatic heterocycles. The largest absolute Gasteiger partial charge is 0.467 e. The molecular weight excluding hydrogens is 434 g/mol. The van der Waals surface area contributed by atoms with E-state index in [2.05, 4.69) is 26.0 Å². The van der Waals surface area contributed by atoms with Gasteiger partial charge < -0.3 is 9.32 Å². The molecule has 1 atom stereocenters. The van der Waals surface area contributed by atoms with Gasteiger partial charge in [-0.25, -0.2) is 4.98 Å². The van der Waals surface area contributed by atoms with Crippen LogP contribution in [0.2, 0.25) is 0 Å². The Balaban J connectivity index is 1.65. The number of benzene rings is 2. The van der Waals surface area contributed by atoms with Crippen molar-refractivity contribution in [2.45, 2.75) is 37.9 Å². The van der Waals surface area contributed by atoms with E-state index in [-0.39, 0.29) is 17.2 Å². The van der Waals surface area contributed by atoms with E-state index in [4.69, 9.17) is 9.40 Å². The summed E-state index contributed by atoms with van der Waals surface area (Å²) in [5.74, 6) is 1.25. The number of furan rings is 1. The number of aromatic nitrogens is 2. The predicted octanol–water partition coefficient (Wildman–Crippen LogP) is 5.24. The Hall–Kier alpha value is -3.32. The molecule has 0 aliphatic rings. The summed E-state index contributed by atoms with van der Waals surface area (Å²) in [5.41, 5.74) is 2.45. The van der Waals surface area contributed by atoms with Crippen molar-refractivity contribution < 1.29 is 9.21 Å². The lowest BCUT2D eigenvalue weighted by molar-refractivity contribution is -0.127. The van der Waals surface area contributed by atoms with E-state index in [1.165, 1.54) is 17.3 Å². The summed E-state index contributed by atoms with van der Waals surface area (Å²) in [4.78, 5) is 32.5. The van der Waals surface area contributed by atoms with Gasteiger partial charge in [0.2, 0.25) is 5.91 Å². The van der Waals surface area contributed by atoms with Crippen LogP contribution in [0, 0.1) is 0 Å². The lowest BCUT2D eigenvalue weighted by Gasteiger charge is -2.17. The SMILES string of the molecule is CCC(C)c1ccc(-n2c(SCC(=O)N(C)Cc3ccco3)nc3ccccc3c2=O)cc1. The summed E-state index contributed by atoms with van der Waals surface area (Å²) >= 11 is 1.26. The van der Waals surface area contributed by atoms with Crippen molar-refractivity contribution in [1.29, 1.82) is 0 Å². The first-order chi connectivity index (χ1) is 16.0. The number of hydrogen-bond acceptors (Lipinski definition) is 5. The monoisotopic (exact) mass is 461 g/mol. The third-order valence-corrected chi connectivity index (χ3v) is 6.72. The van der Waals surface area contributed by atoms with Gasteiger partial charge in [0.15, 0.2) is 5.16 Å². The van der Waals surface area contributed by atoms with Gasteiger partial charge >= 0.3 is 0 Å². The Labute approximate surface area is 197 Å². The highest BCUT2D eigenvalue weighted by atomic mass is 32.2. The predicted molar refractivity (Wildman–Crippen MR) is 132 cm³/mol. The molecule has 0 radical (unpaired) electrons. The van der Waals surface area contributed by atoms with Gasteiger partial charge in [-0.1, -0.05) is 49.9 Å². The average Bonchev–Trinajstić information content (AvgIpc) is 3.35. The summed E-state index contributed by atoms with van der Waals surface area (Å²) in [6.07, 6.45) is 2.64. The van der Waals surface area contributed by atoms with Crippen molar-refractivity contribution in [3.05, 3.63) is 88.6 Å². The molecule has 0 N–H and O–H groups in total. The molecule has 0 saturated carbocycles. The van der Waals surface area contributed by atoms with Crippen molar-refractivity contribution in [3.8, 4) is 5.69 Å². The Morgan fingerprint density at radius 2 is 1.88 bits per heavy atom. The fourth-order valence-electron chi connectivity index (χ4n) is 3.59. The van der Waals surface area contributed by atoms with E-state index in [0.717, 1.165) is 17.9 Å². The topological polar surface area (TPSA) is 68.3 Å². The summed E-state index contributed by atoms with van der Waals surface area (Å²) in [6.45, 7) is 4.73. The number of thioether (sulfide) groups is 1. The molecule has 0 saturated heterocycles. The summed E-state index contributed by atoms with van der Waals surface area (Å²) in [6, 6.07) is 19.0. The summed E-state index contributed by atoms with van der Waals surface area (Å²) < 4.78 is 6.94. The highest BCUT2D eigenvalue weighted by molar-refractivity contribution is 7.99. The van der Waals surface area contributed by atoms with Crippen molar-refractivity contribution in [2.75, 3.05) is 12.8 Å². The molecule has 4 rings (SSSR count). The number of amides is 1. The third-order valence-electron chi connectivity index (χ3n) is 5.80. The number of nitrogens with zero attached hydrogens (tertiary/aromatic N) is 3.